The lowest BCUT2D eigenvalue weighted by atomic mass is 9.86. The maximum absolute atomic E-state index is 13.9. The third-order valence-electron chi connectivity index (χ3n) is 6.90. The van der Waals surface area contributed by atoms with Crippen molar-refractivity contribution in [1.29, 1.82) is 0 Å². The molecule has 6 rings (SSSR count). The molecule has 3 aliphatic heterocycles. The molecule has 0 N–H and O–H groups in total. The number of rotatable bonds is 3. The molecule has 2 amide bonds. The van der Waals surface area contributed by atoms with Crippen molar-refractivity contribution >= 4 is 51.0 Å². The Kier molecular flexibility index (Phi) is 4.78. The van der Waals surface area contributed by atoms with E-state index in [4.69, 9.17) is 0 Å². The fourth-order valence-electron chi connectivity index (χ4n) is 5.44. The van der Waals surface area contributed by atoms with Gasteiger partial charge in [-0.25, -0.2) is 9.29 Å². The average Bonchev–Trinajstić information content (AvgIpc) is 3.33. The Morgan fingerprint density at radius 3 is 2.26 bits per heavy atom. The second-order valence-electron chi connectivity index (χ2n) is 8.67. The van der Waals surface area contributed by atoms with Gasteiger partial charge < -0.3 is 4.90 Å². The predicted molar refractivity (Wildman–Crippen MR) is 130 cm³/mol. The van der Waals surface area contributed by atoms with Gasteiger partial charge in [-0.1, -0.05) is 58.4 Å². The number of para-hydroxylation sites is 1. The van der Waals surface area contributed by atoms with E-state index >= 15 is 0 Å². The number of hydrogen-bond acceptors (Lipinski definition) is 4. The van der Waals surface area contributed by atoms with Crippen molar-refractivity contribution in [3.05, 3.63) is 100 Å². The first-order valence-electron chi connectivity index (χ1n) is 10.9. The molecular formula is C27H18BrFN2O3. The SMILES string of the molecule is O=C(c1ccc(Br)cc1)[C@@H]1[C@@H]2C(=O)N(c3ccc(F)cc3)C(=O)[C@@H]2[C@H]2C=Cc3ccccc3N21. The van der Waals surface area contributed by atoms with Gasteiger partial charge in [0, 0.05) is 15.7 Å². The molecule has 7 heteroatoms. The van der Waals surface area contributed by atoms with Gasteiger partial charge in [-0.15, -0.1) is 0 Å². The van der Waals surface area contributed by atoms with E-state index in [9.17, 15) is 18.8 Å². The van der Waals surface area contributed by atoms with E-state index in [1.54, 1.807) is 24.3 Å². The standard InChI is InChI=1S/C27H18BrFN2O3/c28-17-8-5-16(6-9-17)25(32)24-23-22(21-14-7-15-3-1-2-4-20(15)31(21)24)26(33)30(27(23)34)19-12-10-18(29)11-13-19/h1-14,21-24H/t21-,22-,23-,24+/m1/s1. The van der Waals surface area contributed by atoms with Gasteiger partial charge in [-0.3, -0.25) is 14.4 Å². The van der Waals surface area contributed by atoms with Gasteiger partial charge in [-0.2, -0.15) is 0 Å². The molecule has 4 atom stereocenters. The Balaban J connectivity index is 1.49. The molecule has 0 unspecified atom stereocenters. The van der Waals surface area contributed by atoms with Gasteiger partial charge in [0.15, 0.2) is 5.78 Å². The first kappa shape index (κ1) is 21.0. The van der Waals surface area contributed by atoms with Crippen LogP contribution in [0.25, 0.3) is 6.08 Å². The highest BCUT2D eigenvalue weighted by Gasteiger charge is 2.64. The fraction of sp³-hybridized carbons (Fsp3) is 0.148. The highest BCUT2D eigenvalue weighted by atomic mass is 79.9. The number of benzene rings is 3. The van der Waals surface area contributed by atoms with Crippen LogP contribution in [-0.4, -0.2) is 29.7 Å². The summed E-state index contributed by atoms with van der Waals surface area (Å²) in [7, 11) is 0. The van der Waals surface area contributed by atoms with Crippen molar-refractivity contribution in [3.63, 3.8) is 0 Å². The quantitative estimate of drug-likeness (QED) is 0.368. The number of carbonyl (C=O) groups excluding carboxylic acids is 3. The minimum absolute atomic E-state index is 0.211. The molecular weight excluding hydrogens is 499 g/mol. The highest BCUT2D eigenvalue weighted by Crippen LogP contribution is 2.49. The van der Waals surface area contributed by atoms with Crippen LogP contribution in [0.5, 0.6) is 0 Å². The number of imide groups is 1. The molecule has 0 aliphatic carbocycles. The first-order valence-corrected chi connectivity index (χ1v) is 11.7. The Hall–Kier alpha value is -3.58. The molecule has 0 aromatic heterocycles. The van der Waals surface area contributed by atoms with Gasteiger partial charge in [-0.05, 0) is 48.0 Å². The molecule has 3 aliphatic rings. The number of ketones is 1. The summed E-state index contributed by atoms with van der Waals surface area (Å²) in [5.41, 5.74) is 2.55. The lowest BCUT2D eigenvalue weighted by Crippen LogP contribution is -2.48. The van der Waals surface area contributed by atoms with Crippen LogP contribution >= 0.6 is 15.9 Å². The van der Waals surface area contributed by atoms with Crippen LogP contribution in [0.15, 0.2) is 83.3 Å². The smallest absolute Gasteiger partial charge is 0.240 e. The molecule has 5 nitrogen and oxygen atoms in total. The van der Waals surface area contributed by atoms with E-state index in [1.807, 2.05) is 41.3 Å². The summed E-state index contributed by atoms with van der Waals surface area (Å²) in [5.74, 6) is -3.04. The van der Waals surface area contributed by atoms with Crippen LogP contribution in [-0.2, 0) is 9.59 Å². The van der Waals surface area contributed by atoms with E-state index < -0.39 is 35.6 Å². The molecule has 3 aromatic carbocycles. The zero-order valence-electron chi connectivity index (χ0n) is 17.8. The van der Waals surface area contributed by atoms with Crippen molar-refractivity contribution in [2.75, 3.05) is 9.80 Å². The second-order valence-corrected chi connectivity index (χ2v) is 9.59. The minimum Gasteiger partial charge on any atom is -0.352 e. The monoisotopic (exact) mass is 516 g/mol. The van der Waals surface area contributed by atoms with Gasteiger partial charge in [0.2, 0.25) is 11.8 Å². The molecule has 34 heavy (non-hydrogen) atoms. The Morgan fingerprint density at radius 1 is 0.853 bits per heavy atom. The van der Waals surface area contributed by atoms with Crippen LogP contribution in [0.2, 0.25) is 0 Å². The molecule has 0 radical (unpaired) electrons. The van der Waals surface area contributed by atoms with E-state index in [-0.39, 0.29) is 11.7 Å². The van der Waals surface area contributed by atoms with E-state index in [0.717, 1.165) is 20.6 Å². The van der Waals surface area contributed by atoms with Gasteiger partial charge >= 0.3 is 0 Å². The zero-order chi connectivity index (χ0) is 23.6. The Labute approximate surface area is 203 Å². The highest BCUT2D eigenvalue weighted by molar-refractivity contribution is 9.10. The van der Waals surface area contributed by atoms with E-state index in [0.29, 0.717) is 11.3 Å². The summed E-state index contributed by atoms with van der Waals surface area (Å²) in [4.78, 5) is 44.3. The lowest BCUT2D eigenvalue weighted by Gasteiger charge is -2.36. The molecule has 0 saturated carbocycles. The van der Waals surface area contributed by atoms with Crippen molar-refractivity contribution in [3.8, 4) is 0 Å². The fourth-order valence-corrected chi connectivity index (χ4v) is 5.71. The van der Waals surface area contributed by atoms with Crippen molar-refractivity contribution < 1.29 is 18.8 Å². The third kappa shape index (κ3) is 3.00. The predicted octanol–water partition coefficient (Wildman–Crippen LogP) is 4.86. The molecule has 0 spiro atoms. The minimum atomic E-state index is -0.852. The summed E-state index contributed by atoms with van der Waals surface area (Å²) >= 11 is 3.39. The summed E-state index contributed by atoms with van der Waals surface area (Å²) in [6, 6.07) is 18.7. The van der Waals surface area contributed by atoms with Crippen molar-refractivity contribution in [1.82, 2.24) is 0 Å². The maximum Gasteiger partial charge on any atom is 0.240 e. The summed E-state index contributed by atoms with van der Waals surface area (Å²) < 4.78 is 14.3. The Bertz CT molecular complexity index is 1370. The van der Waals surface area contributed by atoms with Crippen molar-refractivity contribution in [2.24, 2.45) is 11.8 Å². The van der Waals surface area contributed by atoms with Crippen LogP contribution in [0.3, 0.4) is 0 Å². The maximum atomic E-state index is 13.9. The van der Waals surface area contributed by atoms with Crippen LogP contribution in [0.4, 0.5) is 15.8 Å². The second kappa shape index (κ2) is 7.74. The molecule has 0 bridgehead atoms. The summed E-state index contributed by atoms with van der Waals surface area (Å²) in [6.45, 7) is 0. The van der Waals surface area contributed by atoms with Gasteiger partial charge in [0.25, 0.3) is 0 Å². The number of amides is 2. The Morgan fingerprint density at radius 2 is 1.53 bits per heavy atom. The first-order chi connectivity index (χ1) is 16.5. The van der Waals surface area contributed by atoms with Crippen molar-refractivity contribution in [2.45, 2.75) is 12.1 Å². The number of nitrogens with zero attached hydrogens (tertiary/aromatic N) is 2. The number of halogens is 2. The molecule has 2 fully saturated rings. The van der Waals surface area contributed by atoms with Crippen LogP contribution in [0, 0.1) is 17.7 Å². The molecule has 2 saturated heterocycles. The number of anilines is 2. The zero-order valence-corrected chi connectivity index (χ0v) is 19.4. The lowest BCUT2D eigenvalue weighted by molar-refractivity contribution is -0.122. The molecule has 3 aromatic rings. The average molecular weight is 517 g/mol. The number of fused-ring (bicyclic) bond motifs is 5. The third-order valence-corrected chi connectivity index (χ3v) is 7.43. The summed E-state index contributed by atoms with van der Waals surface area (Å²) in [6.07, 6.45) is 3.85. The van der Waals surface area contributed by atoms with E-state index in [2.05, 4.69) is 15.9 Å². The largest absolute Gasteiger partial charge is 0.352 e. The number of hydrogen-bond donors (Lipinski definition) is 0. The van der Waals surface area contributed by atoms with Crippen LogP contribution in [0.1, 0.15) is 15.9 Å². The topological polar surface area (TPSA) is 57.7 Å². The van der Waals surface area contributed by atoms with Gasteiger partial charge in [0.05, 0.1) is 23.6 Å². The van der Waals surface area contributed by atoms with Crippen LogP contribution < -0.4 is 9.80 Å². The van der Waals surface area contributed by atoms with E-state index in [1.165, 1.54) is 24.3 Å². The number of carbonyl (C=O) groups is 3. The summed E-state index contributed by atoms with van der Waals surface area (Å²) in [5, 5.41) is 0. The molecule has 3 heterocycles. The normalized spacial score (nSPS) is 24.8. The van der Waals surface area contributed by atoms with Gasteiger partial charge in [0.1, 0.15) is 11.9 Å². The molecule has 168 valence electrons. The number of Topliss-reactive ketones (excluding diaryl/α,β-unsaturated/α-hetero) is 1.